The SMILES string of the molecule is c1ccc(-c2cccnc2-c2ccccn2)nc1.c1cnnnc1. The second kappa shape index (κ2) is 8.19. The van der Waals surface area contributed by atoms with Crippen molar-refractivity contribution in [2.24, 2.45) is 0 Å². The summed E-state index contributed by atoms with van der Waals surface area (Å²) in [4.78, 5) is 13.1. The lowest BCUT2D eigenvalue weighted by Gasteiger charge is -2.06. The zero-order valence-electron chi connectivity index (χ0n) is 12.8. The van der Waals surface area contributed by atoms with Crippen LogP contribution in [0, 0.1) is 0 Å². The monoisotopic (exact) mass is 314 g/mol. The van der Waals surface area contributed by atoms with Gasteiger partial charge in [-0.05, 0) is 47.7 Å². The molecular weight excluding hydrogens is 300 g/mol. The van der Waals surface area contributed by atoms with Crippen LogP contribution < -0.4 is 0 Å². The van der Waals surface area contributed by atoms with Crippen LogP contribution in [0.4, 0.5) is 0 Å². The fraction of sp³-hybridized carbons (Fsp3) is 0. The van der Waals surface area contributed by atoms with Crippen LogP contribution in [0.5, 0.6) is 0 Å². The number of rotatable bonds is 2. The third-order valence-corrected chi connectivity index (χ3v) is 3.06. The highest BCUT2D eigenvalue weighted by Gasteiger charge is 2.09. The standard InChI is InChI=1S/C15H11N3.C3H3N3/c1-3-9-16-13(7-1)12-6-5-11-18-15(12)14-8-2-4-10-17-14;1-2-4-6-5-3-1/h1-11H;1-3H. The van der Waals surface area contributed by atoms with Gasteiger partial charge in [-0.3, -0.25) is 15.0 Å². The van der Waals surface area contributed by atoms with E-state index in [1.165, 1.54) is 0 Å². The minimum absolute atomic E-state index is 0.858. The Morgan fingerprint density at radius 2 is 1.17 bits per heavy atom. The topological polar surface area (TPSA) is 77.3 Å². The maximum atomic E-state index is 4.42. The molecule has 4 rings (SSSR count). The Hall–Kier alpha value is -3.54. The zero-order chi connectivity index (χ0) is 16.5. The van der Waals surface area contributed by atoms with Gasteiger partial charge in [-0.25, -0.2) is 0 Å². The fourth-order valence-electron chi connectivity index (χ4n) is 2.05. The van der Waals surface area contributed by atoms with Gasteiger partial charge < -0.3 is 0 Å². The second-order valence-electron chi connectivity index (χ2n) is 4.64. The van der Waals surface area contributed by atoms with E-state index in [1.54, 1.807) is 37.1 Å². The molecule has 0 spiro atoms. The Morgan fingerprint density at radius 1 is 0.500 bits per heavy atom. The van der Waals surface area contributed by atoms with Gasteiger partial charge in [0.1, 0.15) is 0 Å². The molecule has 0 fully saturated rings. The molecule has 0 aromatic carbocycles. The van der Waals surface area contributed by atoms with Gasteiger partial charge in [0.2, 0.25) is 0 Å². The summed E-state index contributed by atoms with van der Waals surface area (Å²) in [7, 11) is 0. The predicted molar refractivity (Wildman–Crippen MR) is 90.5 cm³/mol. The van der Waals surface area contributed by atoms with Crippen LogP contribution in [-0.2, 0) is 0 Å². The van der Waals surface area contributed by atoms with E-state index in [2.05, 4.69) is 30.4 Å². The molecule has 0 amide bonds. The molecule has 0 radical (unpaired) electrons. The summed E-state index contributed by atoms with van der Waals surface area (Å²) >= 11 is 0. The van der Waals surface area contributed by atoms with E-state index in [0.29, 0.717) is 0 Å². The third-order valence-electron chi connectivity index (χ3n) is 3.06. The highest BCUT2D eigenvalue weighted by atomic mass is 15.3. The molecule has 0 saturated carbocycles. The first-order valence-corrected chi connectivity index (χ1v) is 7.31. The third kappa shape index (κ3) is 4.01. The molecule has 0 saturated heterocycles. The van der Waals surface area contributed by atoms with Crippen LogP contribution in [0.3, 0.4) is 0 Å². The van der Waals surface area contributed by atoms with Gasteiger partial charge in [0.05, 0.1) is 29.5 Å². The lowest BCUT2D eigenvalue weighted by Crippen LogP contribution is -1.92. The maximum absolute atomic E-state index is 4.42. The van der Waals surface area contributed by atoms with Gasteiger partial charge in [-0.2, -0.15) is 0 Å². The van der Waals surface area contributed by atoms with Crippen molar-refractivity contribution in [1.82, 2.24) is 30.4 Å². The molecule has 4 aromatic rings. The van der Waals surface area contributed by atoms with Crippen molar-refractivity contribution < 1.29 is 0 Å². The van der Waals surface area contributed by atoms with Crippen LogP contribution in [0.25, 0.3) is 22.6 Å². The van der Waals surface area contributed by atoms with E-state index in [1.807, 2.05) is 48.5 Å². The van der Waals surface area contributed by atoms with Gasteiger partial charge in [0, 0.05) is 24.2 Å². The normalized spacial score (nSPS) is 9.67. The lowest BCUT2D eigenvalue weighted by atomic mass is 10.1. The highest BCUT2D eigenvalue weighted by molar-refractivity contribution is 5.76. The number of nitrogens with zero attached hydrogens (tertiary/aromatic N) is 6. The van der Waals surface area contributed by atoms with Gasteiger partial charge in [-0.15, -0.1) is 10.2 Å². The van der Waals surface area contributed by atoms with Crippen LogP contribution >= 0.6 is 0 Å². The molecule has 0 aliphatic carbocycles. The molecule has 4 aromatic heterocycles. The van der Waals surface area contributed by atoms with Gasteiger partial charge in [0.25, 0.3) is 0 Å². The van der Waals surface area contributed by atoms with Crippen molar-refractivity contribution in [1.29, 1.82) is 0 Å². The van der Waals surface area contributed by atoms with E-state index in [-0.39, 0.29) is 0 Å². The largest absolute Gasteiger partial charge is 0.256 e. The molecular formula is C18H14N6. The Bertz CT molecular complexity index is 769. The van der Waals surface area contributed by atoms with E-state index in [9.17, 15) is 0 Å². The molecule has 0 bridgehead atoms. The first kappa shape index (κ1) is 15.4. The van der Waals surface area contributed by atoms with Gasteiger partial charge in [0.15, 0.2) is 0 Å². The lowest BCUT2D eigenvalue weighted by molar-refractivity contribution is 0.865. The van der Waals surface area contributed by atoms with Crippen molar-refractivity contribution in [3.05, 3.63) is 85.6 Å². The fourth-order valence-corrected chi connectivity index (χ4v) is 2.05. The number of aromatic nitrogens is 6. The summed E-state index contributed by atoms with van der Waals surface area (Å²) in [5, 5.41) is 10.1. The van der Waals surface area contributed by atoms with E-state index in [0.717, 1.165) is 22.6 Å². The molecule has 0 aliphatic heterocycles. The molecule has 0 unspecified atom stereocenters. The summed E-state index contributed by atoms with van der Waals surface area (Å²) in [6.45, 7) is 0. The molecule has 0 atom stereocenters. The average Bonchev–Trinajstić information content (AvgIpc) is 2.71. The second-order valence-corrected chi connectivity index (χ2v) is 4.64. The van der Waals surface area contributed by atoms with Crippen molar-refractivity contribution in [3.8, 4) is 22.6 Å². The maximum Gasteiger partial charge on any atom is 0.0980 e. The molecule has 116 valence electrons. The highest BCUT2D eigenvalue weighted by Crippen LogP contribution is 2.26. The summed E-state index contributed by atoms with van der Waals surface area (Å²) in [5.74, 6) is 0. The number of pyridine rings is 3. The van der Waals surface area contributed by atoms with Gasteiger partial charge >= 0.3 is 0 Å². The Balaban J connectivity index is 0.000000238. The summed E-state index contributed by atoms with van der Waals surface area (Å²) in [6.07, 6.45) is 8.48. The predicted octanol–water partition coefficient (Wildman–Crippen LogP) is 3.08. The molecule has 0 N–H and O–H groups in total. The van der Waals surface area contributed by atoms with Crippen LogP contribution in [0.15, 0.2) is 85.6 Å². The number of hydrogen-bond acceptors (Lipinski definition) is 6. The van der Waals surface area contributed by atoms with E-state index < -0.39 is 0 Å². The molecule has 6 nitrogen and oxygen atoms in total. The van der Waals surface area contributed by atoms with Crippen LogP contribution in [0.2, 0.25) is 0 Å². The minimum Gasteiger partial charge on any atom is -0.256 e. The van der Waals surface area contributed by atoms with E-state index >= 15 is 0 Å². The van der Waals surface area contributed by atoms with E-state index in [4.69, 9.17) is 0 Å². The quantitative estimate of drug-likeness (QED) is 0.566. The van der Waals surface area contributed by atoms with Crippen LogP contribution in [0.1, 0.15) is 0 Å². The Kier molecular flexibility index (Phi) is 5.24. The number of hydrogen-bond donors (Lipinski definition) is 0. The Labute approximate surface area is 139 Å². The van der Waals surface area contributed by atoms with Crippen molar-refractivity contribution in [2.45, 2.75) is 0 Å². The molecule has 0 aliphatic rings. The Morgan fingerprint density at radius 3 is 1.71 bits per heavy atom. The van der Waals surface area contributed by atoms with Gasteiger partial charge in [-0.1, -0.05) is 12.1 Å². The molecule has 24 heavy (non-hydrogen) atoms. The first-order valence-electron chi connectivity index (χ1n) is 7.31. The zero-order valence-corrected chi connectivity index (χ0v) is 12.8. The molecule has 6 heteroatoms. The summed E-state index contributed by atoms with van der Waals surface area (Å²) < 4.78 is 0. The molecule has 4 heterocycles. The first-order chi connectivity index (χ1) is 11.9. The van der Waals surface area contributed by atoms with Crippen molar-refractivity contribution in [3.63, 3.8) is 0 Å². The van der Waals surface area contributed by atoms with Crippen LogP contribution in [-0.4, -0.2) is 30.4 Å². The van der Waals surface area contributed by atoms with Crippen molar-refractivity contribution in [2.75, 3.05) is 0 Å². The smallest absolute Gasteiger partial charge is 0.0980 e. The summed E-state index contributed by atoms with van der Waals surface area (Å²) in [6, 6.07) is 17.3. The summed E-state index contributed by atoms with van der Waals surface area (Å²) in [5.41, 5.74) is 3.62. The minimum atomic E-state index is 0.858. The van der Waals surface area contributed by atoms with Crippen molar-refractivity contribution >= 4 is 0 Å². The average molecular weight is 314 g/mol.